The van der Waals surface area contributed by atoms with E-state index in [-0.39, 0.29) is 6.04 Å². The minimum absolute atomic E-state index is 0.0593. The molecule has 0 saturated heterocycles. The summed E-state index contributed by atoms with van der Waals surface area (Å²) < 4.78 is 15.7. The Kier molecular flexibility index (Phi) is 5.95. The topological polar surface area (TPSA) is 53.7 Å². The zero-order valence-electron chi connectivity index (χ0n) is 11.6. The Hall–Kier alpha value is -1.26. The highest BCUT2D eigenvalue weighted by atomic mass is 16.5. The van der Waals surface area contributed by atoms with Crippen LogP contribution in [0.15, 0.2) is 18.2 Å². The molecule has 2 N–H and O–H groups in total. The van der Waals surface area contributed by atoms with Gasteiger partial charge in [0.1, 0.15) is 11.5 Å². The summed E-state index contributed by atoms with van der Waals surface area (Å²) in [6, 6.07) is 5.66. The molecule has 0 bridgehead atoms. The Bertz CT molecular complexity index is 368. The Morgan fingerprint density at radius 1 is 1.17 bits per heavy atom. The van der Waals surface area contributed by atoms with Gasteiger partial charge in [0.15, 0.2) is 0 Å². The van der Waals surface area contributed by atoms with Crippen LogP contribution >= 0.6 is 0 Å². The van der Waals surface area contributed by atoms with Gasteiger partial charge in [-0.25, -0.2) is 0 Å². The van der Waals surface area contributed by atoms with E-state index in [0.29, 0.717) is 12.5 Å². The van der Waals surface area contributed by atoms with E-state index >= 15 is 0 Å². The number of rotatable bonds is 7. The van der Waals surface area contributed by atoms with Crippen molar-refractivity contribution < 1.29 is 14.2 Å². The fourth-order valence-electron chi connectivity index (χ4n) is 2.04. The fraction of sp³-hybridized carbons (Fsp3) is 0.571. The van der Waals surface area contributed by atoms with Crippen LogP contribution in [0.2, 0.25) is 0 Å². The summed E-state index contributed by atoms with van der Waals surface area (Å²) in [5.41, 5.74) is 7.22. The van der Waals surface area contributed by atoms with E-state index in [1.165, 1.54) is 0 Å². The van der Waals surface area contributed by atoms with Crippen molar-refractivity contribution in [3.63, 3.8) is 0 Å². The molecule has 0 spiro atoms. The molecule has 102 valence electrons. The van der Waals surface area contributed by atoms with Gasteiger partial charge in [0, 0.05) is 31.4 Å². The lowest BCUT2D eigenvalue weighted by molar-refractivity contribution is 0.152. The van der Waals surface area contributed by atoms with Gasteiger partial charge in [-0.15, -0.1) is 0 Å². The summed E-state index contributed by atoms with van der Waals surface area (Å²) in [5, 5.41) is 0. The van der Waals surface area contributed by atoms with Crippen LogP contribution in [0.25, 0.3) is 0 Å². The molecular formula is C14H23NO3. The van der Waals surface area contributed by atoms with Crippen LogP contribution in [0, 0.1) is 5.92 Å². The average molecular weight is 253 g/mol. The highest BCUT2D eigenvalue weighted by Gasteiger charge is 2.15. The third-order valence-electron chi connectivity index (χ3n) is 2.95. The molecule has 2 atom stereocenters. The maximum atomic E-state index is 6.22. The molecule has 0 saturated carbocycles. The molecule has 0 aliphatic heterocycles. The minimum Gasteiger partial charge on any atom is -0.497 e. The number of hydrogen-bond donors (Lipinski definition) is 1. The molecule has 18 heavy (non-hydrogen) atoms. The fourth-order valence-corrected chi connectivity index (χ4v) is 2.04. The van der Waals surface area contributed by atoms with E-state index in [2.05, 4.69) is 6.92 Å². The Morgan fingerprint density at radius 3 is 2.44 bits per heavy atom. The summed E-state index contributed by atoms with van der Waals surface area (Å²) in [7, 11) is 4.98. The SMILES string of the molecule is COCC(C)CC(N)c1ccc(OC)cc1OC. The summed E-state index contributed by atoms with van der Waals surface area (Å²) in [4.78, 5) is 0. The minimum atomic E-state index is -0.0593. The van der Waals surface area contributed by atoms with Crippen molar-refractivity contribution in [3.8, 4) is 11.5 Å². The predicted molar refractivity (Wildman–Crippen MR) is 72.1 cm³/mol. The maximum absolute atomic E-state index is 6.22. The van der Waals surface area contributed by atoms with Crippen molar-refractivity contribution in [3.05, 3.63) is 23.8 Å². The molecule has 4 heteroatoms. The average Bonchev–Trinajstić information content (AvgIpc) is 2.38. The molecule has 4 nitrogen and oxygen atoms in total. The van der Waals surface area contributed by atoms with Gasteiger partial charge in [-0.1, -0.05) is 13.0 Å². The molecular weight excluding hydrogens is 230 g/mol. The predicted octanol–water partition coefficient (Wildman–Crippen LogP) is 2.38. The van der Waals surface area contributed by atoms with Crippen molar-refractivity contribution in [2.45, 2.75) is 19.4 Å². The molecule has 1 rings (SSSR count). The van der Waals surface area contributed by atoms with Crippen LogP contribution < -0.4 is 15.2 Å². The largest absolute Gasteiger partial charge is 0.497 e. The van der Waals surface area contributed by atoms with E-state index in [1.807, 2.05) is 18.2 Å². The molecule has 0 heterocycles. The number of benzene rings is 1. The Balaban J connectivity index is 2.81. The van der Waals surface area contributed by atoms with E-state index < -0.39 is 0 Å². The molecule has 1 aromatic carbocycles. The second-order valence-electron chi connectivity index (χ2n) is 4.51. The van der Waals surface area contributed by atoms with Crippen LogP contribution in [0.3, 0.4) is 0 Å². The lowest BCUT2D eigenvalue weighted by atomic mass is 9.96. The Labute approximate surface area is 109 Å². The van der Waals surface area contributed by atoms with Crippen LogP contribution in [0.5, 0.6) is 11.5 Å². The van der Waals surface area contributed by atoms with Crippen molar-refractivity contribution in [2.75, 3.05) is 27.9 Å². The van der Waals surface area contributed by atoms with Gasteiger partial charge in [-0.05, 0) is 18.4 Å². The van der Waals surface area contributed by atoms with Gasteiger partial charge in [-0.3, -0.25) is 0 Å². The zero-order valence-corrected chi connectivity index (χ0v) is 11.6. The third kappa shape index (κ3) is 3.89. The van der Waals surface area contributed by atoms with Crippen LogP contribution in [0.1, 0.15) is 24.9 Å². The second kappa shape index (κ2) is 7.24. The summed E-state index contributed by atoms with van der Waals surface area (Å²) >= 11 is 0. The zero-order chi connectivity index (χ0) is 13.5. The van der Waals surface area contributed by atoms with E-state index in [1.54, 1.807) is 21.3 Å². The summed E-state index contributed by atoms with van der Waals surface area (Å²) in [6.45, 7) is 2.84. The Morgan fingerprint density at radius 2 is 1.89 bits per heavy atom. The lowest BCUT2D eigenvalue weighted by Crippen LogP contribution is -2.17. The maximum Gasteiger partial charge on any atom is 0.127 e. The van der Waals surface area contributed by atoms with Gasteiger partial charge < -0.3 is 19.9 Å². The van der Waals surface area contributed by atoms with Crippen molar-refractivity contribution in [1.29, 1.82) is 0 Å². The van der Waals surface area contributed by atoms with Gasteiger partial charge in [0.2, 0.25) is 0 Å². The molecule has 0 aliphatic rings. The number of methoxy groups -OCH3 is 3. The van der Waals surface area contributed by atoms with Gasteiger partial charge in [0.05, 0.1) is 14.2 Å². The molecule has 0 fully saturated rings. The molecule has 0 aliphatic carbocycles. The second-order valence-corrected chi connectivity index (χ2v) is 4.51. The number of hydrogen-bond acceptors (Lipinski definition) is 4. The molecule has 1 aromatic rings. The van der Waals surface area contributed by atoms with Gasteiger partial charge >= 0.3 is 0 Å². The molecule has 2 unspecified atom stereocenters. The van der Waals surface area contributed by atoms with Crippen LogP contribution in [-0.2, 0) is 4.74 Å². The first-order chi connectivity index (χ1) is 8.62. The monoisotopic (exact) mass is 253 g/mol. The molecule has 0 aromatic heterocycles. The smallest absolute Gasteiger partial charge is 0.127 e. The van der Waals surface area contributed by atoms with E-state index in [0.717, 1.165) is 23.5 Å². The highest BCUT2D eigenvalue weighted by Crippen LogP contribution is 2.31. The molecule has 0 radical (unpaired) electrons. The summed E-state index contributed by atoms with van der Waals surface area (Å²) in [5.74, 6) is 1.95. The van der Waals surface area contributed by atoms with Gasteiger partial charge in [0.25, 0.3) is 0 Å². The van der Waals surface area contributed by atoms with E-state index in [4.69, 9.17) is 19.9 Å². The first-order valence-corrected chi connectivity index (χ1v) is 6.08. The standard InChI is InChI=1S/C14H23NO3/c1-10(9-16-2)7-13(15)12-6-5-11(17-3)8-14(12)18-4/h5-6,8,10,13H,7,9,15H2,1-4H3. The first-order valence-electron chi connectivity index (χ1n) is 6.08. The number of ether oxygens (including phenoxy) is 3. The highest BCUT2D eigenvalue weighted by molar-refractivity contribution is 5.42. The third-order valence-corrected chi connectivity index (χ3v) is 2.95. The van der Waals surface area contributed by atoms with Gasteiger partial charge in [-0.2, -0.15) is 0 Å². The lowest BCUT2D eigenvalue weighted by Gasteiger charge is -2.19. The van der Waals surface area contributed by atoms with Crippen molar-refractivity contribution >= 4 is 0 Å². The van der Waals surface area contributed by atoms with Crippen molar-refractivity contribution in [1.82, 2.24) is 0 Å². The summed E-state index contributed by atoms with van der Waals surface area (Å²) in [6.07, 6.45) is 0.858. The normalized spacial score (nSPS) is 14.1. The van der Waals surface area contributed by atoms with Crippen molar-refractivity contribution in [2.24, 2.45) is 11.7 Å². The first kappa shape index (κ1) is 14.8. The van der Waals surface area contributed by atoms with Crippen LogP contribution in [0.4, 0.5) is 0 Å². The molecule has 0 amide bonds. The van der Waals surface area contributed by atoms with Crippen LogP contribution in [-0.4, -0.2) is 27.9 Å². The quantitative estimate of drug-likeness (QED) is 0.810. The van der Waals surface area contributed by atoms with E-state index in [9.17, 15) is 0 Å². The number of nitrogens with two attached hydrogens (primary N) is 1.